The number of carbonyl (C=O) groups is 1. The van der Waals surface area contributed by atoms with Gasteiger partial charge in [-0.2, -0.15) is 0 Å². The van der Waals surface area contributed by atoms with Crippen LogP contribution in [0.5, 0.6) is 0 Å². The fourth-order valence-corrected chi connectivity index (χ4v) is 2.56. The zero-order valence-electron chi connectivity index (χ0n) is 6.60. The highest BCUT2D eigenvalue weighted by Gasteiger charge is 2.50. The van der Waals surface area contributed by atoms with Crippen molar-refractivity contribution in [3.05, 3.63) is 0 Å². The SMILES string of the molecule is NC(=O)C12CCCC1CNC2. The predicted molar refractivity (Wildman–Crippen MR) is 41.8 cm³/mol. The van der Waals surface area contributed by atoms with Gasteiger partial charge in [-0.25, -0.2) is 0 Å². The van der Waals surface area contributed by atoms with E-state index in [1.165, 1.54) is 12.8 Å². The fraction of sp³-hybridized carbons (Fsp3) is 0.875. The Morgan fingerprint density at radius 3 is 3.09 bits per heavy atom. The van der Waals surface area contributed by atoms with Crippen molar-refractivity contribution in [1.29, 1.82) is 0 Å². The van der Waals surface area contributed by atoms with E-state index in [9.17, 15) is 4.79 Å². The first-order valence-corrected chi connectivity index (χ1v) is 4.26. The topological polar surface area (TPSA) is 55.1 Å². The average molecular weight is 154 g/mol. The molecule has 1 amide bonds. The van der Waals surface area contributed by atoms with Crippen LogP contribution in [0, 0.1) is 11.3 Å². The molecule has 2 rings (SSSR count). The Kier molecular flexibility index (Phi) is 1.42. The zero-order valence-corrected chi connectivity index (χ0v) is 6.60. The van der Waals surface area contributed by atoms with E-state index in [2.05, 4.69) is 5.32 Å². The number of nitrogens with one attached hydrogen (secondary N) is 1. The second-order valence-corrected chi connectivity index (χ2v) is 3.74. The normalized spacial score (nSPS) is 42.4. The van der Waals surface area contributed by atoms with Crippen molar-refractivity contribution >= 4 is 5.91 Å². The number of fused-ring (bicyclic) bond motifs is 1. The number of carbonyl (C=O) groups excluding carboxylic acids is 1. The minimum atomic E-state index is -0.167. The summed E-state index contributed by atoms with van der Waals surface area (Å²) in [7, 11) is 0. The summed E-state index contributed by atoms with van der Waals surface area (Å²) < 4.78 is 0. The third-order valence-corrected chi connectivity index (χ3v) is 3.28. The summed E-state index contributed by atoms with van der Waals surface area (Å²) >= 11 is 0. The molecule has 0 spiro atoms. The Labute approximate surface area is 66.3 Å². The van der Waals surface area contributed by atoms with Crippen LogP contribution in [-0.4, -0.2) is 19.0 Å². The van der Waals surface area contributed by atoms with Crippen LogP contribution in [0.3, 0.4) is 0 Å². The van der Waals surface area contributed by atoms with Gasteiger partial charge in [0.05, 0.1) is 5.41 Å². The van der Waals surface area contributed by atoms with Crippen molar-refractivity contribution in [2.24, 2.45) is 17.1 Å². The number of primary amides is 1. The van der Waals surface area contributed by atoms with Crippen molar-refractivity contribution in [1.82, 2.24) is 5.32 Å². The lowest BCUT2D eigenvalue weighted by Crippen LogP contribution is -2.40. The van der Waals surface area contributed by atoms with Gasteiger partial charge in [0.25, 0.3) is 0 Å². The lowest BCUT2D eigenvalue weighted by Gasteiger charge is -2.23. The fourth-order valence-electron chi connectivity index (χ4n) is 2.56. The number of nitrogens with two attached hydrogens (primary N) is 1. The molecule has 3 nitrogen and oxygen atoms in total. The van der Waals surface area contributed by atoms with E-state index in [0.29, 0.717) is 5.92 Å². The molecule has 2 unspecified atom stereocenters. The zero-order chi connectivity index (χ0) is 7.90. The molecule has 1 aliphatic carbocycles. The largest absolute Gasteiger partial charge is 0.369 e. The molecule has 62 valence electrons. The minimum absolute atomic E-state index is 0.0926. The standard InChI is InChI=1S/C8H14N2O/c9-7(11)8-3-1-2-6(8)4-10-5-8/h6,10H,1-5H2,(H2,9,11). The maximum atomic E-state index is 11.2. The first kappa shape index (κ1) is 7.10. The Bertz CT molecular complexity index is 181. The van der Waals surface area contributed by atoms with Crippen LogP contribution in [0.1, 0.15) is 19.3 Å². The third-order valence-electron chi connectivity index (χ3n) is 3.28. The van der Waals surface area contributed by atoms with Crippen LogP contribution < -0.4 is 11.1 Å². The van der Waals surface area contributed by atoms with Gasteiger partial charge in [-0.1, -0.05) is 6.42 Å². The average Bonchev–Trinajstić information content (AvgIpc) is 2.40. The smallest absolute Gasteiger partial charge is 0.225 e. The van der Waals surface area contributed by atoms with Crippen molar-refractivity contribution in [3.8, 4) is 0 Å². The summed E-state index contributed by atoms with van der Waals surface area (Å²) in [6.45, 7) is 1.80. The van der Waals surface area contributed by atoms with Gasteiger partial charge in [-0.3, -0.25) is 4.79 Å². The van der Waals surface area contributed by atoms with Gasteiger partial charge >= 0.3 is 0 Å². The van der Waals surface area contributed by atoms with Gasteiger partial charge in [0.1, 0.15) is 0 Å². The van der Waals surface area contributed by atoms with Gasteiger partial charge < -0.3 is 11.1 Å². The first-order valence-electron chi connectivity index (χ1n) is 4.26. The van der Waals surface area contributed by atoms with Crippen LogP contribution in [-0.2, 0) is 4.79 Å². The highest BCUT2D eigenvalue weighted by atomic mass is 16.1. The monoisotopic (exact) mass is 154 g/mol. The lowest BCUT2D eigenvalue weighted by molar-refractivity contribution is -0.127. The van der Waals surface area contributed by atoms with Gasteiger partial charge in [-0.05, 0) is 25.3 Å². The summed E-state index contributed by atoms with van der Waals surface area (Å²) in [5, 5.41) is 3.25. The van der Waals surface area contributed by atoms with Crippen molar-refractivity contribution < 1.29 is 4.79 Å². The summed E-state index contributed by atoms with van der Waals surface area (Å²) in [5.41, 5.74) is 5.23. The van der Waals surface area contributed by atoms with E-state index in [1.807, 2.05) is 0 Å². The molecular formula is C8H14N2O. The van der Waals surface area contributed by atoms with Crippen LogP contribution in [0.25, 0.3) is 0 Å². The molecule has 1 saturated carbocycles. The van der Waals surface area contributed by atoms with E-state index in [1.54, 1.807) is 0 Å². The Morgan fingerprint density at radius 1 is 1.64 bits per heavy atom. The van der Waals surface area contributed by atoms with Gasteiger partial charge in [0.15, 0.2) is 0 Å². The number of hydrogen-bond acceptors (Lipinski definition) is 2. The van der Waals surface area contributed by atoms with E-state index in [0.717, 1.165) is 19.5 Å². The van der Waals surface area contributed by atoms with Crippen molar-refractivity contribution in [3.63, 3.8) is 0 Å². The molecule has 2 aliphatic rings. The van der Waals surface area contributed by atoms with Crippen LogP contribution >= 0.6 is 0 Å². The molecule has 1 heterocycles. The Balaban J connectivity index is 2.26. The van der Waals surface area contributed by atoms with Crippen LogP contribution in [0.15, 0.2) is 0 Å². The van der Waals surface area contributed by atoms with Crippen molar-refractivity contribution in [2.75, 3.05) is 13.1 Å². The molecule has 3 N–H and O–H groups in total. The number of hydrogen-bond donors (Lipinski definition) is 2. The molecule has 0 aromatic carbocycles. The van der Waals surface area contributed by atoms with E-state index in [-0.39, 0.29) is 11.3 Å². The van der Waals surface area contributed by atoms with Crippen LogP contribution in [0.4, 0.5) is 0 Å². The maximum absolute atomic E-state index is 11.2. The second-order valence-electron chi connectivity index (χ2n) is 3.74. The maximum Gasteiger partial charge on any atom is 0.225 e. The van der Waals surface area contributed by atoms with Gasteiger partial charge in [0, 0.05) is 6.54 Å². The summed E-state index contributed by atoms with van der Waals surface area (Å²) in [4.78, 5) is 11.2. The second kappa shape index (κ2) is 2.21. The molecule has 2 atom stereocenters. The van der Waals surface area contributed by atoms with E-state index < -0.39 is 0 Å². The first-order chi connectivity index (χ1) is 5.26. The molecule has 11 heavy (non-hydrogen) atoms. The number of amides is 1. The molecule has 1 saturated heterocycles. The molecule has 2 fully saturated rings. The van der Waals surface area contributed by atoms with Crippen LogP contribution in [0.2, 0.25) is 0 Å². The van der Waals surface area contributed by atoms with E-state index >= 15 is 0 Å². The Morgan fingerprint density at radius 2 is 2.45 bits per heavy atom. The number of rotatable bonds is 1. The summed E-state index contributed by atoms with van der Waals surface area (Å²) in [6, 6.07) is 0. The molecule has 0 radical (unpaired) electrons. The molecule has 3 heteroatoms. The molecule has 1 aliphatic heterocycles. The highest BCUT2D eigenvalue weighted by Crippen LogP contribution is 2.45. The lowest BCUT2D eigenvalue weighted by atomic mass is 9.80. The minimum Gasteiger partial charge on any atom is -0.369 e. The Hall–Kier alpha value is -0.570. The highest BCUT2D eigenvalue weighted by molar-refractivity contribution is 5.82. The van der Waals surface area contributed by atoms with Crippen molar-refractivity contribution in [2.45, 2.75) is 19.3 Å². The molecule has 0 aromatic heterocycles. The molecule has 0 aromatic rings. The van der Waals surface area contributed by atoms with Gasteiger partial charge in [-0.15, -0.1) is 0 Å². The molecular weight excluding hydrogens is 140 g/mol. The van der Waals surface area contributed by atoms with E-state index in [4.69, 9.17) is 5.73 Å². The summed E-state index contributed by atoms with van der Waals surface area (Å²) in [6.07, 6.45) is 3.35. The summed E-state index contributed by atoms with van der Waals surface area (Å²) in [5.74, 6) is 0.435. The quantitative estimate of drug-likeness (QED) is 0.552. The van der Waals surface area contributed by atoms with Gasteiger partial charge in [0.2, 0.25) is 5.91 Å². The third kappa shape index (κ3) is 0.805. The molecule has 0 bridgehead atoms. The predicted octanol–water partition coefficient (Wildman–Crippen LogP) is -0.139.